The van der Waals surface area contributed by atoms with Gasteiger partial charge >= 0.3 is 5.97 Å². The van der Waals surface area contributed by atoms with Gasteiger partial charge in [-0.15, -0.1) is 10.2 Å². The monoisotopic (exact) mass is 255 g/mol. The second kappa shape index (κ2) is 5.95. The van der Waals surface area contributed by atoms with Crippen LogP contribution in [0.1, 0.15) is 43.5 Å². The molecule has 2 N–H and O–H groups in total. The molecule has 0 atom stereocenters. The number of rotatable bonds is 5. The van der Waals surface area contributed by atoms with Crippen molar-refractivity contribution < 1.29 is 9.90 Å². The van der Waals surface area contributed by atoms with Crippen molar-refractivity contribution in [1.82, 2.24) is 10.2 Å². The summed E-state index contributed by atoms with van der Waals surface area (Å²) in [6.45, 7) is 0. The van der Waals surface area contributed by atoms with Crippen LogP contribution in [0.5, 0.6) is 0 Å². The van der Waals surface area contributed by atoms with E-state index < -0.39 is 5.97 Å². The molecule has 6 heteroatoms. The normalized spacial score (nSPS) is 16.9. The summed E-state index contributed by atoms with van der Waals surface area (Å²) in [5, 5.41) is 21.6. The van der Waals surface area contributed by atoms with Crippen LogP contribution in [0.15, 0.2) is 0 Å². The fourth-order valence-electron chi connectivity index (χ4n) is 2.05. The van der Waals surface area contributed by atoms with Crippen LogP contribution in [0.3, 0.4) is 0 Å². The van der Waals surface area contributed by atoms with Crippen LogP contribution in [-0.2, 0) is 11.2 Å². The molecule has 0 amide bonds. The predicted octanol–water partition coefficient (Wildman–Crippen LogP) is 2.30. The molecule has 1 fully saturated rings. The minimum absolute atomic E-state index is 0.123. The molecule has 17 heavy (non-hydrogen) atoms. The third-order valence-electron chi connectivity index (χ3n) is 2.95. The number of carboxylic acids is 1. The van der Waals surface area contributed by atoms with Gasteiger partial charge in [0.25, 0.3) is 0 Å². The van der Waals surface area contributed by atoms with Gasteiger partial charge in [0.2, 0.25) is 5.13 Å². The highest BCUT2D eigenvalue weighted by Crippen LogP contribution is 2.23. The van der Waals surface area contributed by atoms with E-state index in [1.807, 2.05) is 0 Å². The van der Waals surface area contributed by atoms with Crippen LogP contribution >= 0.6 is 11.3 Å². The number of hydrogen-bond acceptors (Lipinski definition) is 5. The molecule has 0 aromatic carbocycles. The number of carbonyl (C=O) groups is 1. The first-order chi connectivity index (χ1) is 8.24. The number of hydrogen-bond donors (Lipinski definition) is 2. The molecule has 94 valence electrons. The van der Waals surface area contributed by atoms with E-state index in [4.69, 9.17) is 5.11 Å². The van der Waals surface area contributed by atoms with E-state index >= 15 is 0 Å². The number of aromatic nitrogens is 2. The van der Waals surface area contributed by atoms with Crippen molar-refractivity contribution in [2.45, 2.75) is 51.0 Å². The van der Waals surface area contributed by atoms with Crippen LogP contribution in [0.2, 0.25) is 0 Å². The van der Waals surface area contributed by atoms with Gasteiger partial charge in [-0.3, -0.25) is 4.79 Å². The molecule has 5 nitrogen and oxygen atoms in total. The molecule has 1 aliphatic carbocycles. The van der Waals surface area contributed by atoms with Gasteiger partial charge in [0.1, 0.15) is 5.01 Å². The SMILES string of the molecule is O=C(O)CCc1nnc(NC2CCCCC2)s1. The molecule has 0 bridgehead atoms. The maximum absolute atomic E-state index is 10.4. The zero-order chi connectivity index (χ0) is 12.1. The molecule has 1 aliphatic rings. The first-order valence-electron chi connectivity index (χ1n) is 6.05. The van der Waals surface area contributed by atoms with Crippen LogP contribution < -0.4 is 5.32 Å². The number of nitrogens with one attached hydrogen (secondary N) is 1. The third kappa shape index (κ3) is 3.96. The van der Waals surface area contributed by atoms with Crippen molar-refractivity contribution in [3.8, 4) is 0 Å². The van der Waals surface area contributed by atoms with Gasteiger partial charge in [-0.05, 0) is 12.8 Å². The fourth-order valence-corrected chi connectivity index (χ4v) is 2.86. The molecule has 1 aromatic heterocycles. The van der Waals surface area contributed by atoms with Gasteiger partial charge in [0.15, 0.2) is 0 Å². The van der Waals surface area contributed by atoms with Gasteiger partial charge in [0.05, 0.1) is 6.42 Å². The minimum atomic E-state index is -0.790. The van der Waals surface area contributed by atoms with Gasteiger partial charge < -0.3 is 10.4 Å². The lowest BCUT2D eigenvalue weighted by Gasteiger charge is -2.21. The number of carboxylic acid groups (broad SMARTS) is 1. The predicted molar refractivity (Wildman–Crippen MR) is 66.4 cm³/mol. The number of nitrogens with zero attached hydrogens (tertiary/aromatic N) is 2. The molecule has 1 aromatic rings. The number of aryl methyl sites for hydroxylation is 1. The molecular weight excluding hydrogens is 238 g/mol. The first kappa shape index (κ1) is 12.3. The highest BCUT2D eigenvalue weighted by molar-refractivity contribution is 7.15. The van der Waals surface area contributed by atoms with Crippen LogP contribution in [-0.4, -0.2) is 27.3 Å². The summed E-state index contributed by atoms with van der Waals surface area (Å²) in [5.41, 5.74) is 0. The summed E-state index contributed by atoms with van der Waals surface area (Å²) in [7, 11) is 0. The smallest absolute Gasteiger partial charge is 0.303 e. The Morgan fingerprint density at radius 2 is 2.12 bits per heavy atom. The highest BCUT2D eigenvalue weighted by Gasteiger charge is 2.15. The van der Waals surface area contributed by atoms with E-state index in [0.717, 1.165) is 10.1 Å². The zero-order valence-corrected chi connectivity index (χ0v) is 10.5. The Balaban J connectivity index is 1.82. The molecule has 0 spiro atoms. The van der Waals surface area contributed by atoms with Crippen molar-refractivity contribution in [2.24, 2.45) is 0 Å². The minimum Gasteiger partial charge on any atom is -0.481 e. The first-order valence-corrected chi connectivity index (χ1v) is 6.86. The molecule has 1 heterocycles. The van der Waals surface area contributed by atoms with Crippen molar-refractivity contribution in [3.05, 3.63) is 5.01 Å². The molecule has 0 saturated heterocycles. The Bertz CT molecular complexity index is 375. The zero-order valence-electron chi connectivity index (χ0n) is 9.69. The van der Waals surface area contributed by atoms with E-state index in [9.17, 15) is 4.79 Å². The van der Waals surface area contributed by atoms with E-state index in [2.05, 4.69) is 15.5 Å². The Hall–Kier alpha value is -1.17. The number of aliphatic carboxylic acids is 1. The van der Waals surface area contributed by atoms with Crippen LogP contribution in [0.25, 0.3) is 0 Å². The summed E-state index contributed by atoms with van der Waals surface area (Å²) in [6, 6.07) is 0.518. The average Bonchev–Trinajstić information content (AvgIpc) is 2.75. The van der Waals surface area contributed by atoms with Gasteiger partial charge in [0, 0.05) is 12.5 Å². The second-order valence-corrected chi connectivity index (χ2v) is 5.44. The molecular formula is C11H17N3O2S. The van der Waals surface area contributed by atoms with E-state index in [1.165, 1.54) is 43.4 Å². The summed E-state index contributed by atoms with van der Waals surface area (Å²) in [6.07, 6.45) is 6.88. The van der Waals surface area contributed by atoms with E-state index in [0.29, 0.717) is 12.5 Å². The second-order valence-electron chi connectivity index (χ2n) is 4.37. The Morgan fingerprint density at radius 3 is 2.82 bits per heavy atom. The highest BCUT2D eigenvalue weighted by atomic mass is 32.1. The van der Waals surface area contributed by atoms with E-state index in [-0.39, 0.29) is 6.42 Å². The van der Waals surface area contributed by atoms with Gasteiger partial charge in [-0.1, -0.05) is 30.6 Å². The lowest BCUT2D eigenvalue weighted by atomic mass is 9.96. The molecule has 0 radical (unpaired) electrons. The average molecular weight is 255 g/mol. The van der Waals surface area contributed by atoms with E-state index in [1.54, 1.807) is 0 Å². The van der Waals surface area contributed by atoms with Gasteiger partial charge in [-0.2, -0.15) is 0 Å². The standard InChI is InChI=1S/C11H17N3O2S/c15-10(16)7-6-9-13-14-11(17-9)12-8-4-2-1-3-5-8/h8H,1-7H2,(H,12,14)(H,15,16). The Kier molecular flexibility index (Phi) is 4.30. The molecule has 1 saturated carbocycles. The lowest BCUT2D eigenvalue weighted by Crippen LogP contribution is -2.21. The van der Waals surface area contributed by atoms with Crippen LogP contribution in [0.4, 0.5) is 5.13 Å². The van der Waals surface area contributed by atoms with Crippen LogP contribution in [0, 0.1) is 0 Å². The van der Waals surface area contributed by atoms with Crippen molar-refractivity contribution in [3.63, 3.8) is 0 Å². The van der Waals surface area contributed by atoms with Crippen molar-refractivity contribution >= 4 is 22.4 Å². The Labute approximate surface area is 104 Å². The maximum Gasteiger partial charge on any atom is 0.303 e. The quantitative estimate of drug-likeness (QED) is 0.844. The molecule has 0 aliphatic heterocycles. The maximum atomic E-state index is 10.4. The Morgan fingerprint density at radius 1 is 1.35 bits per heavy atom. The third-order valence-corrected chi connectivity index (χ3v) is 3.87. The molecule has 2 rings (SSSR count). The topological polar surface area (TPSA) is 75.1 Å². The van der Waals surface area contributed by atoms with Gasteiger partial charge in [-0.25, -0.2) is 0 Å². The van der Waals surface area contributed by atoms with Crippen molar-refractivity contribution in [2.75, 3.05) is 5.32 Å². The summed E-state index contributed by atoms with van der Waals surface area (Å²) < 4.78 is 0. The fraction of sp³-hybridized carbons (Fsp3) is 0.727. The lowest BCUT2D eigenvalue weighted by molar-refractivity contribution is -0.136. The summed E-state index contributed by atoms with van der Waals surface area (Å²) in [4.78, 5) is 10.4. The number of anilines is 1. The summed E-state index contributed by atoms with van der Waals surface area (Å²) >= 11 is 1.47. The van der Waals surface area contributed by atoms with Crippen molar-refractivity contribution in [1.29, 1.82) is 0 Å². The summed E-state index contributed by atoms with van der Waals surface area (Å²) in [5.74, 6) is -0.790. The largest absolute Gasteiger partial charge is 0.481 e. The molecule has 0 unspecified atom stereocenters.